The van der Waals surface area contributed by atoms with Gasteiger partial charge in [-0.1, -0.05) is 0 Å². The minimum Gasteiger partial charge on any atom is -0.387 e. The third kappa shape index (κ3) is 2.13. The number of aryl methyl sites for hydroxylation is 1. The molecule has 2 aromatic rings. The van der Waals surface area contributed by atoms with Crippen molar-refractivity contribution >= 4 is 5.69 Å². The summed E-state index contributed by atoms with van der Waals surface area (Å²) in [5.74, 6) is 0. The summed E-state index contributed by atoms with van der Waals surface area (Å²) in [5.41, 5.74) is 4.10. The number of hydrogen-bond donors (Lipinski definition) is 1. The van der Waals surface area contributed by atoms with Gasteiger partial charge in [0.2, 0.25) is 0 Å². The molecule has 0 bridgehead atoms. The van der Waals surface area contributed by atoms with Crippen LogP contribution in [0.1, 0.15) is 5.69 Å². The van der Waals surface area contributed by atoms with Crippen molar-refractivity contribution in [3.63, 3.8) is 0 Å². The summed E-state index contributed by atoms with van der Waals surface area (Å²) in [4.78, 5) is 8.53. The number of nitrogens with one attached hydrogen (secondary N) is 1. The third-order valence-electron chi connectivity index (χ3n) is 2.24. The van der Waals surface area contributed by atoms with Crippen molar-refractivity contribution in [2.45, 2.75) is 6.92 Å². The van der Waals surface area contributed by atoms with Gasteiger partial charge in [-0.2, -0.15) is 0 Å². The number of pyridine rings is 2. The number of aromatic nitrogens is 2. The monoisotopic (exact) mass is 199 g/mol. The normalized spacial score (nSPS) is 10.0. The van der Waals surface area contributed by atoms with Crippen molar-refractivity contribution < 1.29 is 0 Å². The third-order valence-corrected chi connectivity index (χ3v) is 2.24. The van der Waals surface area contributed by atoms with Crippen LogP contribution in [-0.2, 0) is 0 Å². The molecule has 3 heteroatoms. The van der Waals surface area contributed by atoms with Crippen molar-refractivity contribution in [3.05, 3.63) is 42.4 Å². The molecule has 0 saturated carbocycles. The Morgan fingerprint density at radius 2 is 2.00 bits per heavy atom. The Kier molecular flexibility index (Phi) is 2.63. The Bertz CT molecular complexity index is 449. The lowest BCUT2D eigenvalue weighted by atomic mass is 10.1. The van der Waals surface area contributed by atoms with Crippen LogP contribution in [0.5, 0.6) is 0 Å². The van der Waals surface area contributed by atoms with Gasteiger partial charge < -0.3 is 5.32 Å². The second-order valence-corrected chi connectivity index (χ2v) is 3.37. The van der Waals surface area contributed by atoms with Crippen molar-refractivity contribution in [3.8, 4) is 11.3 Å². The first-order valence-corrected chi connectivity index (χ1v) is 4.86. The van der Waals surface area contributed by atoms with E-state index >= 15 is 0 Å². The number of rotatable bonds is 2. The van der Waals surface area contributed by atoms with Crippen LogP contribution in [0.2, 0.25) is 0 Å². The molecule has 0 unspecified atom stereocenters. The number of anilines is 1. The average molecular weight is 199 g/mol. The lowest BCUT2D eigenvalue weighted by Crippen LogP contribution is -1.90. The van der Waals surface area contributed by atoms with Crippen LogP contribution in [-0.4, -0.2) is 17.0 Å². The molecule has 0 aromatic carbocycles. The Labute approximate surface area is 89.2 Å². The maximum atomic E-state index is 4.37. The van der Waals surface area contributed by atoms with E-state index in [4.69, 9.17) is 0 Å². The molecule has 0 radical (unpaired) electrons. The predicted molar refractivity (Wildman–Crippen MR) is 61.8 cm³/mol. The molecule has 3 nitrogen and oxygen atoms in total. The fourth-order valence-electron chi connectivity index (χ4n) is 1.42. The van der Waals surface area contributed by atoms with Crippen LogP contribution in [0.3, 0.4) is 0 Å². The van der Waals surface area contributed by atoms with E-state index in [1.165, 1.54) is 0 Å². The molecular weight excluding hydrogens is 186 g/mol. The van der Waals surface area contributed by atoms with Gasteiger partial charge in [0, 0.05) is 24.5 Å². The van der Waals surface area contributed by atoms with Crippen molar-refractivity contribution in [2.75, 3.05) is 12.4 Å². The largest absolute Gasteiger partial charge is 0.387 e. The van der Waals surface area contributed by atoms with E-state index < -0.39 is 0 Å². The summed E-state index contributed by atoms with van der Waals surface area (Å²) in [6, 6.07) is 8.01. The summed E-state index contributed by atoms with van der Waals surface area (Å²) in [6.45, 7) is 1.98. The Morgan fingerprint density at radius 1 is 1.13 bits per heavy atom. The first-order valence-electron chi connectivity index (χ1n) is 4.86. The Balaban J connectivity index is 2.37. The van der Waals surface area contributed by atoms with Gasteiger partial charge in [-0.25, -0.2) is 0 Å². The molecule has 0 fully saturated rings. The molecule has 0 aliphatic rings. The topological polar surface area (TPSA) is 37.8 Å². The van der Waals surface area contributed by atoms with Gasteiger partial charge in [0.05, 0.1) is 17.6 Å². The molecule has 15 heavy (non-hydrogen) atoms. The smallest absolute Gasteiger partial charge is 0.0704 e. The average Bonchev–Trinajstić information content (AvgIpc) is 2.29. The molecule has 0 atom stereocenters. The summed E-state index contributed by atoms with van der Waals surface area (Å²) >= 11 is 0. The zero-order valence-electron chi connectivity index (χ0n) is 8.86. The molecule has 2 rings (SSSR count). The molecule has 0 amide bonds. The first kappa shape index (κ1) is 9.65. The molecular formula is C12H13N3. The standard InChI is InChI=1S/C12H13N3/c1-9-7-10(5-6-14-9)12-4-3-11(13-2)8-15-12/h3-8,13H,1-2H3. The molecule has 0 aliphatic carbocycles. The maximum Gasteiger partial charge on any atom is 0.0704 e. The summed E-state index contributed by atoms with van der Waals surface area (Å²) in [7, 11) is 1.88. The zero-order valence-corrected chi connectivity index (χ0v) is 8.86. The second kappa shape index (κ2) is 4.09. The van der Waals surface area contributed by atoms with Crippen LogP contribution in [0.4, 0.5) is 5.69 Å². The van der Waals surface area contributed by atoms with Crippen LogP contribution < -0.4 is 5.32 Å². The summed E-state index contributed by atoms with van der Waals surface area (Å²) < 4.78 is 0. The molecule has 0 spiro atoms. The zero-order chi connectivity index (χ0) is 10.7. The number of hydrogen-bond acceptors (Lipinski definition) is 3. The van der Waals surface area contributed by atoms with Crippen LogP contribution >= 0.6 is 0 Å². The molecule has 2 aromatic heterocycles. The second-order valence-electron chi connectivity index (χ2n) is 3.37. The predicted octanol–water partition coefficient (Wildman–Crippen LogP) is 2.49. The molecule has 2 heterocycles. The summed E-state index contributed by atoms with van der Waals surface area (Å²) in [5, 5.41) is 3.04. The van der Waals surface area contributed by atoms with Crippen molar-refractivity contribution in [1.29, 1.82) is 0 Å². The molecule has 1 N–H and O–H groups in total. The molecule has 0 aliphatic heterocycles. The van der Waals surface area contributed by atoms with Gasteiger partial charge in [-0.3, -0.25) is 9.97 Å². The van der Waals surface area contributed by atoms with Crippen LogP contribution in [0, 0.1) is 6.92 Å². The lowest BCUT2D eigenvalue weighted by molar-refractivity contribution is 1.19. The fourth-order valence-corrected chi connectivity index (χ4v) is 1.42. The molecule has 0 saturated heterocycles. The highest BCUT2D eigenvalue weighted by Crippen LogP contribution is 2.18. The van der Waals surface area contributed by atoms with E-state index in [2.05, 4.69) is 15.3 Å². The van der Waals surface area contributed by atoms with E-state index in [1.54, 1.807) is 6.20 Å². The minimum atomic E-state index is 0.972. The van der Waals surface area contributed by atoms with E-state index in [0.717, 1.165) is 22.6 Å². The highest BCUT2D eigenvalue weighted by Gasteiger charge is 1.99. The summed E-state index contributed by atoms with van der Waals surface area (Å²) in [6.07, 6.45) is 3.63. The first-order chi connectivity index (χ1) is 7.29. The van der Waals surface area contributed by atoms with Gasteiger partial charge in [-0.05, 0) is 31.2 Å². The quantitative estimate of drug-likeness (QED) is 0.807. The minimum absolute atomic E-state index is 0.972. The van der Waals surface area contributed by atoms with Gasteiger partial charge >= 0.3 is 0 Å². The number of nitrogens with zero attached hydrogens (tertiary/aromatic N) is 2. The fraction of sp³-hybridized carbons (Fsp3) is 0.167. The molecule has 76 valence electrons. The van der Waals surface area contributed by atoms with Gasteiger partial charge in [0.1, 0.15) is 0 Å². The SMILES string of the molecule is CNc1ccc(-c2ccnc(C)c2)nc1. The van der Waals surface area contributed by atoms with E-state index in [9.17, 15) is 0 Å². The van der Waals surface area contributed by atoms with Crippen molar-refractivity contribution in [2.24, 2.45) is 0 Å². The Hall–Kier alpha value is -1.90. The van der Waals surface area contributed by atoms with Crippen LogP contribution in [0.25, 0.3) is 11.3 Å². The van der Waals surface area contributed by atoms with E-state index in [1.807, 2.05) is 44.4 Å². The van der Waals surface area contributed by atoms with Gasteiger partial charge in [-0.15, -0.1) is 0 Å². The Morgan fingerprint density at radius 3 is 2.60 bits per heavy atom. The van der Waals surface area contributed by atoms with Crippen molar-refractivity contribution in [1.82, 2.24) is 9.97 Å². The van der Waals surface area contributed by atoms with E-state index in [0.29, 0.717) is 0 Å². The van der Waals surface area contributed by atoms with Crippen LogP contribution in [0.15, 0.2) is 36.7 Å². The highest BCUT2D eigenvalue weighted by molar-refractivity contribution is 5.60. The maximum absolute atomic E-state index is 4.37. The van der Waals surface area contributed by atoms with Gasteiger partial charge in [0.25, 0.3) is 0 Å². The van der Waals surface area contributed by atoms with E-state index in [-0.39, 0.29) is 0 Å². The highest BCUT2D eigenvalue weighted by atomic mass is 14.8. The van der Waals surface area contributed by atoms with Gasteiger partial charge in [0.15, 0.2) is 0 Å². The lowest BCUT2D eigenvalue weighted by Gasteiger charge is -2.03.